The van der Waals surface area contributed by atoms with Gasteiger partial charge in [-0.15, -0.1) is 0 Å². The Morgan fingerprint density at radius 3 is 1.85 bits per heavy atom. The van der Waals surface area contributed by atoms with Crippen LogP contribution in [0.2, 0.25) is 0 Å². The normalized spacial score (nSPS) is 11.8. The molecule has 0 aromatic heterocycles. The van der Waals surface area contributed by atoms with E-state index in [4.69, 9.17) is 9.63 Å². The minimum Gasteiger partial charge on any atom is -0.392 e. The van der Waals surface area contributed by atoms with Crippen LogP contribution < -0.4 is 10.6 Å². The molecule has 0 unspecified atom stereocenters. The van der Waals surface area contributed by atoms with Crippen LogP contribution in [0.3, 0.4) is 0 Å². The van der Waals surface area contributed by atoms with Gasteiger partial charge in [0.15, 0.2) is 0 Å². The van der Waals surface area contributed by atoms with Gasteiger partial charge in [-0.2, -0.15) is 0 Å². The third-order valence-corrected chi connectivity index (χ3v) is 5.29. The molecule has 0 radical (unpaired) electrons. The van der Waals surface area contributed by atoms with Crippen LogP contribution in [0.4, 0.5) is 0 Å². The average molecular weight is 288 g/mol. The second kappa shape index (κ2) is 7.20. The fourth-order valence-corrected chi connectivity index (χ4v) is 3.86. The van der Waals surface area contributed by atoms with Gasteiger partial charge in [0.25, 0.3) is 7.37 Å². The summed E-state index contributed by atoms with van der Waals surface area (Å²) in [6, 6.07) is 18.4. The van der Waals surface area contributed by atoms with Crippen molar-refractivity contribution in [2.75, 3.05) is 13.2 Å². The highest BCUT2D eigenvalue weighted by atomic mass is 31.2. The van der Waals surface area contributed by atoms with Gasteiger partial charge in [0.1, 0.15) is 0 Å². The van der Waals surface area contributed by atoms with E-state index >= 15 is 0 Å². The molecule has 0 spiro atoms. The van der Waals surface area contributed by atoms with E-state index in [1.54, 1.807) is 12.2 Å². The summed E-state index contributed by atoms with van der Waals surface area (Å²) in [5.74, 6) is 0. The number of hydrogen-bond donors (Lipinski definition) is 1. The van der Waals surface area contributed by atoms with E-state index in [1.807, 2.05) is 60.7 Å². The predicted octanol–water partition coefficient (Wildman–Crippen LogP) is 2.48. The van der Waals surface area contributed by atoms with Crippen LogP contribution >= 0.6 is 7.37 Å². The van der Waals surface area contributed by atoms with Crippen molar-refractivity contribution < 1.29 is 14.2 Å². The molecule has 0 saturated heterocycles. The maximum atomic E-state index is 13.3. The van der Waals surface area contributed by atoms with Gasteiger partial charge in [0.2, 0.25) is 0 Å². The molecule has 0 heterocycles. The van der Waals surface area contributed by atoms with Crippen molar-refractivity contribution >= 4 is 18.0 Å². The Labute approximate surface area is 119 Å². The second-order valence-corrected chi connectivity index (χ2v) is 6.57. The maximum absolute atomic E-state index is 13.3. The number of benzene rings is 2. The first kappa shape index (κ1) is 14.7. The minimum absolute atomic E-state index is 0.0513. The molecule has 0 aliphatic heterocycles. The first-order valence-electron chi connectivity index (χ1n) is 6.39. The van der Waals surface area contributed by atoms with Crippen LogP contribution in [-0.2, 0) is 9.09 Å². The first-order chi connectivity index (χ1) is 9.77. The van der Waals surface area contributed by atoms with Gasteiger partial charge in [-0.3, -0.25) is 4.57 Å². The Balaban J connectivity index is 2.34. The van der Waals surface area contributed by atoms with E-state index in [0.29, 0.717) is 10.6 Å². The quantitative estimate of drug-likeness (QED) is 0.656. The lowest BCUT2D eigenvalue weighted by Crippen LogP contribution is -2.18. The lowest BCUT2D eigenvalue weighted by Gasteiger charge is -2.18. The molecular weight excluding hydrogens is 271 g/mol. The Bertz CT molecular complexity index is 550. The first-order valence-corrected chi connectivity index (χ1v) is 8.01. The lowest BCUT2D eigenvalue weighted by atomic mass is 10.4. The zero-order valence-electron chi connectivity index (χ0n) is 11.1. The summed E-state index contributed by atoms with van der Waals surface area (Å²) in [6.45, 7) is 0.145. The molecule has 0 fully saturated rings. The van der Waals surface area contributed by atoms with Crippen LogP contribution in [0.25, 0.3) is 0 Å². The molecular formula is C16H17O3P. The number of aliphatic hydroxyl groups excluding tert-OH is 1. The monoisotopic (exact) mass is 288 g/mol. The summed E-state index contributed by atoms with van der Waals surface area (Å²) < 4.78 is 18.9. The number of aliphatic hydroxyl groups is 1. The standard InChI is InChI=1S/C16H17O3P/c17-13-7-8-14-19-20(18,15-9-3-1-4-10-15)16-11-5-2-6-12-16/h1-12,17H,13-14H2/b8-7-. The summed E-state index contributed by atoms with van der Waals surface area (Å²) in [4.78, 5) is 0. The van der Waals surface area contributed by atoms with Crippen LogP contribution in [0.5, 0.6) is 0 Å². The van der Waals surface area contributed by atoms with Gasteiger partial charge in [-0.1, -0.05) is 48.6 Å². The van der Waals surface area contributed by atoms with Crippen LogP contribution in [-0.4, -0.2) is 18.3 Å². The van der Waals surface area contributed by atoms with Crippen molar-refractivity contribution in [2.24, 2.45) is 0 Å². The van der Waals surface area contributed by atoms with Gasteiger partial charge in [0, 0.05) is 10.6 Å². The van der Waals surface area contributed by atoms with Crippen LogP contribution in [0, 0.1) is 0 Å². The summed E-state index contributed by atoms with van der Waals surface area (Å²) in [6.07, 6.45) is 3.23. The molecule has 3 nitrogen and oxygen atoms in total. The third kappa shape index (κ3) is 3.45. The fourth-order valence-electron chi connectivity index (χ4n) is 1.84. The highest BCUT2D eigenvalue weighted by molar-refractivity contribution is 7.74. The van der Waals surface area contributed by atoms with Crippen LogP contribution in [0.1, 0.15) is 0 Å². The second-order valence-electron chi connectivity index (χ2n) is 4.17. The molecule has 0 aliphatic carbocycles. The SMILES string of the molecule is O=P(OC/C=C\CO)(c1ccccc1)c1ccccc1. The average Bonchev–Trinajstić information content (AvgIpc) is 2.53. The van der Waals surface area contributed by atoms with Crippen molar-refractivity contribution in [3.63, 3.8) is 0 Å². The Kier molecular flexibility index (Phi) is 5.31. The van der Waals surface area contributed by atoms with Gasteiger partial charge in [-0.05, 0) is 24.3 Å². The highest BCUT2D eigenvalue weighted by Crippen LogP contribution is 2.44. The molecule has 104 valence electrons. The Morgan fingerprint density at radius 1 is 0.900 bits per heavy atom. The summed E-state index contributed by atoms with van der Waals surface area (Å²) in [7, 11) is -3.10. The van der Waals surface area contributed by atoms with E-state index in [-0.39, 0.29) is 13.2 Å². The Morgan fingerprint density at radius 2 is 1.40 bits per heavy atom. The van der Waals surface area contributed by atoms with Gasteiger partial charge in [0.05, 0.1) is 13.2 Å². The molecule has 0 atom stereocenters. The van der Waals surface area contributed by atoms with Crippen molar-refractivity contribution in [3.8, 4) is 0 Å². The van der Waals surface area contributed by atoms with Crippen molar-refractivity contribution in [3.05, 3.63) is 72.8 Å². The summed E-state index contributed by atoms with van der Waals surface area (Å²) in [5, 5.41) is 10.1. The van der Waals surface area contributed by atoms with Crippen LogP contribution in [0.15, 0.2) is 72.8 Å². The molecule has 0 bridgehead atoms. The van der Waals surface area contributed by atoms with Gasteiger partial charge < -0.3 is 9.63 Å². The largest absolute Gasteiger partial charge is 0.392 e. The Hall–Kier alpha value is -1.67. The molecule has 2 aromatic rings. The van der Waals surface area contributed by atoms with E-state index in [0.717, 1.165) is 0 Å². The van der Waals surface area contributed by atoms with Crippen molar-refractivity contribution in [1.82, 2.24) is 0 Å². The fraction of sp³-hybridized carbons (Fsp3) is 0.125. The van der Waals surface area contributed by atoms with Gasteiger partial charge in [-0.25, -0.2) is 0 Å². The molecule has 0 amide bonds. The topological polar surface area (TPSA) is 46.5 Å². The summed E-state index contributed by atoms with van der Waals surface area (Å²) in [5.41, 5.74) is 0. The number of hydrogen-bond acceptors (Lipinski definition) is 3. The molecule has 20 heavy (non-hydrogen) atoms. The van der Waals surface area contributed by atoms with E-state index in [1.165, 1.54) is 0 Å². The highest BCUT2D eigenvalue weighted by Gasteiger charge is 2.27. The lowest BCUT2D eigenvalue weighted by molar-refractivity contribution is 0.337. The van der Waals surface area contributed by atoms with Crippen molar-refractivity contribution in [2.45, 2.75) is 0 Å². The molecule has 0 saturated carbocycles. The van der Waals surface area contributed by atoms with E-state index < -0.39 is 7.37 Å². The predicted molar refractivity (Wildman–Crippen MR) is 81.9 cm³/mol. The third-order valence-electron chi connectivity index (χ3n) is 2.82. The van der Waals surface area contributed by atoms with E-state index in [9.17, 15) is 4.57 Å². The van der Waals surface area contributed by atoms with E-state index in [2.05, 4.69) is 0 Å². The number of rotatable bonds is 6. The zero-order chi connectivity index (χ0) is 14.3. The maximum Gasteiger partial charge on any atom is 0.261 e. The minimum atomic E-state index is -3.10. The van der Waals surface area contributed by atoms with Gasteiger partial charge >= 0.3 is 0 Å². The molecule has 4 heteroatoms. The smallest absolute Gasteiger partial charge is 0.261 e. The molecule has 1 N–H and O–H groups in total. The molecule has 2 aromatic carbocycles. The van der Waals surface area contributed by atoms with Crippen molar-refractivity contribution in [1.29, 1.82) is 0 Å². The summed E-state index contributed by atoms with van der Waals surface area (Å²) >= 11 is 0. The molecule has 0 aliphatic rings. The zero-order valence-corrected chi connectivity index (χ0v) is 11.9. The molecule has 2 rings (SSSR count).